The molecule has 0 saturated carbocycles. The van der Waals surface area contributed by atoms with Crippen molar-refractivity contribution in [2.75, 3.05) is 44.7 Å². The van der Waals surface area contributed by atoms with Gasteiger partial charge < -0.3 is 19.9 Å². The van der Waals surface area contributed by atoms with Crippen LogP contribution in [0, 0.1) is 5.92 Å². The highest BCUT2D eigenvalue weighted by atomic mass is 127. The smallest absolute Gasteiger partial charge is 0.193 e. The number of anilines is 1. The lowest BCUT2D eigenvalue weighted by Crippen LogP contribution is -2.41. The van der Waals surface area contributed by atoms with Gasteiger partial charge in [0, 0.05) is 46.0 Å². The number of hydrogen-bond acceptors (Lipinski definition) is 4. The van der Waals surface area contributed by atoms with Crippen LogP contribution < -0.4 is 10.2 Å². The van der Waals surface area contributed by atoms with E-state index in [-0.39, 0.29) is 30.1 Å². The fraction of sp³-hybridized carbons (Fsp3) is 0.500. The molecule has 1 aromatic carbocycles. The highest BCUT2D eigenvalue weighted by Crippen LogP contribution is 2.21. The highest BCUT2D eigenvalue weighted by Gasteiger charge is 2.25. The maximum atomic E-state index is 5.62. The maximum absolute atomic E-state index is 5.62. The largest absolute Gasteiger partial charge is 0.375 e. The molecule has 0 bridgehead atoms. The van der Waals surface area contributed by atoms with Gasteiger partial charge in [0.2, 0.25) is 0 Å². The Morgan fingerprint density at radius 2 is 1.97 bits per heavy atom. The number of halogens is 1. The summed E-state index contributed by atoms with van der Waals surface area (Å²) < 4.78 is 5.62. The van der Waals surface area contributed by atoms with Crippen LogP contribution in [0.1, 0.15) is 24.5 Å². The Bertz CT molecular complexity index is 830. The number of pyridine rings is 1. The van der Waals surface area contributed by atoms with Crippen LogP contribution >= 0.6 is 24.0 Å². The van der Waals surface area contributed by atoms with Crippen LogP contribution in [0.2, 0.25) is 0 Å². The van der Waals surface area contributed by atoms with Crippen molar-refractivity contribution in [2.45, 2.75) is 32.4 Å². The average molecular weight is 535 g/mol. The summed E-state index contributed by atoms with van der Waals surface area (Å²) in [5.41, 5.74) is 2.59. The van der Waals surface area contributed by atoms with Gasteiger partial charge in [0.15, 0.2) is 5.96 Å². The third-order valence-corrected chi connectivity index (χ3v) is 5.99. The maximum Gasteiger partial charge on any atom is 0.193 e. The molecule has 0 amide bonds. The van der Waals surface area contributed by atoms with E-state index in [0.717, 1.165) is 57.5 Å². The molecule has 2 atom stereocenters. The van der Waals surface area contributed by atoms with Gasteiger partial charge in [-0.15, -0.1) is 24.0 Å². The fourth-order valence-electron chi connectivity index (χ4n) is 4.39. The van der Waals surface area contributed by atoms with E-state index in [1.807, 2.05) is 13.2 Å². The number of hydrogen-bond donors (Lipinski definition) is 1. The topological polar surface area (TPSA) is 53.0 Å². The Morgan fingerprint density at radius 1 is 1.13 bits per heavy atom. The lowest BCUT2D eigenvalue weighted by molar-refractivity contribution is 0.0529. The second kappa shape index (κ2) is 11.7. The Labute approximate surface area is 203 Å². The molecule has 2 aliphatic rings. The Morgan fingerprint density at radius 3 is 2.68 bits per heavy atom. The Kier molecular flexibility index (Phi) is 8.95. The van der Waals surface area contributed by atoms with Gasteiger partial charge in [0.25, 0.3) is 0 Å². The summed E-state index contributed by atoms with van der Waals surface area (Å²) in [6.45, 7) is 7.53. The fourth-order valence-corrected chi connectivity index (χ4v) is 4.39. The van der Waals surface area contributed by atoms with E-state index >= 15 is 0 Å². The molecule has 1 N–H and O–H groups in total. The molecule has 0 aliphatic carbocycles. The molecule has 2 unspecified atom stereocenters. The minimum atomic E-state index is 0. The third kappa shape index (κ3) is 6.55. The van der Waals surface area contributed by atoms with Crippen molar-refractivity contribution in [1.82, 2.24) is 15.2 Å². The number of aliphatic imine (C=N–C) groups is 1. The van der Waals surface area contributed by atoms with E-state index in [9.17, 15) is 0 Å². The molecule has 0 spiro atoms. The predicted octanol–water partition coefficient (Wildman–Crippen LogP) is 3.56. The van der Waals surface area contributed by atoms with Crippen LogP contribution in [0.5, 0.6) is 0 Å². The second-order valence-corrected chi connectivity index (χ2v) is 8.34. The number of likely N-dealkylation sites (tertiary alicyclic amines) is 1. The summed E-state index contributed by atoms with van der Waals surface area (Å²) >= 11 is 0. The lowest BCUT2D eigenvalue weighted by Gasteiger charge is -2.32. The number of nitrogens with one attached hydrogen (secondary N) is 1. The predicted molar refractivity (Wildman–Crippen MR) is 137 cm³/mol. The summed E-state index contributed by atoms with van der Waals surface area (Å²) in [6, 6.07) is 15.1. The van der Waals surface area contributed by atoms with Gasteiger partial charge in [-0.25, -0.2) is 4.98 Å². The second-order valence-electron chi connectivity index (χ2n) is 8.34. The number of aromatic nitrogens is 1. The van der Waals surface area contributed by atoms with Gasteiger partial charge in [-0.2, -0.15) is 0 Å². The van der Waals surface area contributed by atoms with Crippen LogP contribution in [0.15, 0.2) is 53.7 Å². The first-order valence-corrected chi connectivity index (χ1v) is 11.0. The monoisotopic (exact) mass is 535 g/mol. The third-order valence-electron chi connectivity index (χ3n) is 5.99. The molecule has 31 heavy (non-hydrogen) atoms. The van der Waals surface area contributed by atoms with Gasteiger partial charge >= 0.3 is 0 Å². The van der Waals surface area contributed by atoms with E-state index in [1.165, 1.54) is 17.5 Å². The quantitative estimate of drug-likeness (QED) is 0.361. The molecular formula is C24H34IN5O. The highest BCUT2D eigenvalue weighted by molar-refractivity contribution is 14.0. The molecule has 6 nitrogen and oxygen atoms in total. The zero-order valence-corrected chi connectivity index (χ0v) is 20.9. The van der Waals surface area contributed by atoms with Gasteiger partial charge in [0.05, 0.1) is 12.7 Å². The summed E-state index contributed by atoms with van der Waals surface area (Å²) in [5, 5.41) is 3.52. The molecule has 3 heterocycles. The molecule has 2 aliphatic heterocycles. The van der Waals surface area contributed by atoms with E-state index in [1.54, 1.807) is 0 Å². The van der Waals surface area contributed by atoms with Gasteiger partial charge in [-0.05, 0) is 42.9 Å². The minimum Gasteiger partial charge on any atom is -0.375 e. The number of ether oxygens (including phenoxy) is 1. The number of guanidine groups is 1. The summed E-state index contributed by atoms with van der Waals surface area (Å²) in [6.07, 6.45) is 4.58. The molecule has 2 fully saturated rings. The summed E-state index contributed by atoms with van der Waals surface area (Å²) in [7, 11) is 1.87. The van der Waals surface area contributed by atoms with E-state index < -0.39 is 0 Å². The van der Waals surface area contributed by atoms with E-state index in [4.69, 9.17) is 4.74 Å². The number of morpholine rings is 1. The van der Waals surface area contributed by atoms with Crippen molar-refractivity contribution in [2.24, 2.45) is 10.9 Å². The minimum absolute atomic E-state index is 0. The Hall–Kier alpha value is -1.87. The molecular weight excluding hydrogens is 501 g/mol. The zero-order chi connectivity index (χ0) is 20.8. The van der Waals surface area contributed by atoms with Crippen molar-refractivity contribution in [3.8, 4) is 0 Å². The van der Waals surface area contributed by atoms with E-state index in [2.05, 4.69) is 74.5 Å². The average Bonchev–Trinajstić information content (AvgIpc) is 3.23. The number of rotatable bonds is 5. The van der Waals surface area contributed by atoms with Crippen LogP contribution in [0.4, 0.5) is 5.82 Å². The first kappa shape index (κ1) is 23.8. The SMILES string of the molecule is CN=C(NCc1ccc(N2CCOC(C)C2)nc1)N1CCC(Cc2ccccc2)C1.I. The van der Waals surface area contributed by atoms with Gasteiger partial charge in [-0.1, -0.05) is 36.4 Å². The van der Waals surface area contributed by atoms with Gasteiger partial charge in [0.1, 0.15) is 5.82 Å². The van der Waals surface area contributed by atoms with Crippen molar-refractivity contribution in [3.63, 3.8) is 0 Å². The summed E-state index contributed by atoms with van der Waals surface area (Å²) in [5.74, 6) is 2.70. The Balaban J connectivity index is 0.00000272. The van der Waals surface area contributed by atoms with Crippen LogP contribution in [-0.2, 0) is 17.7 Å². The first-order valence-electron chi connectivity index (χ1n) is 11.0. The molecule has 168 valence electrons. The normalized spacial score (nSPS) is 21.7. The van der Waals surface area contributed by atoms with Crippen LogP contribution in [0.3, 0.4) is 0 Å². The van der Waals surface area contributed by atoms with Crippen LogP contribution in [0.25, 0.3) is 0 Å². The lowest BCUT2D eigenvalue weighted by atomic mass is 9.99. The van der Waals surface area contributed by atoms with Crippen molar-refractivity contribution < 1.29 is 4.74 Å². The zero-order valence-electron chi connectivity index (χ0n) is 18.5. The van der Waals surface area contributed by atoms with Crippen molar-refractivity contribution in [1.29, 1.82) is 0 Å². The molecule has 2 saturated heterocycles. The van der Waals surface area contributed by atoms with Crippen molar-refractivity contribution in [3.05, 3.63) is 59.8 Å². The number of nitrogens with zero attached hydrogens (tertiary/aromatic N) is 4. The van der Waals surface area contributed by atoms with E-state index in [0.29, 0.717) is 5.92 Å². The standard InChI is InChI=1S/C24H33N5O.HI/c1-19-17-28(12-13-30-19)23-9-8-22(15-26-23)16-27-24(25-2)29-11-10-21(18-29)14-20-6-4-3-5-7-20;/h3-9,15,19,21H,10-14,16-18H2,1-2H3,(H,25,27);1H. The molecule has 4 rings (SSSR count). The van der Waals surface area contributed by atoms with Gasteiger partial charge in [-0.3, -0.25) is 4.99 Å². The van der Waals surface area contributed by atoms with Crippen molar-refractivity contribution >= 4 is 35.8 Å². The molecule has 0 radical (unpaired) electrons. The molecule has 1 aromatic heterocycles. The molecule has 2 aromatic rings. The summed E-state index contributed by atoms with van der Waals surface area (Å²) in [4.78, 5) is 13.9. The number of benzene rings is 1. The first-order chi connectivity index (χ1) is 14.7. The molecule has 7 heteroatoms. The van der Waals surface area contributed by atoms with Crippen LogP contribution in [-0.4, -0.2) is 61.8 Å².